The van der Waals surface area contributed by atoms with Crippen LogP contribution in [0.25, 0.3) is 0 Å². The first kappa shape index (κ1) is 11.6. The Labute approximate surface area is 95.7 Å². The second kappa shape index (κ2) is 4.93. The Kier molecular flexibility index (Phi) is 3.56. The quantitative estimate of drug-likeness (QED) is 0.848. The van der Waals surface area contributed by atoms with Crippen LogP contribution in [0.4, 0.5) is 4.39 Å². The van der Waals surface area contributed by atoms with Crippen molar-refractivity contribution in [1.82, 2.24) is 4.90 Å². The molecule has 1 heterocycles. The molecule has 16 heavy (non-hydrogen) atoms. The SMILES string of the molecule is Cc1cc(CN2CCC[C@@H]2CO)ccc1F. The summed E-state index contributed by atoms with van der Waals surface area (Å²) in [5, 5.41) is 9.21. The molecule has 1 fully saturated rings. The number of aliphatic hydroxyl groups excluding tert-OH is 1. The number of aryl methyl sites for hydroxylation is 1. The summed E-state index contributed by atoms with van der Waals surface area (Å²) < 4.78 is 13.1. The van der Waals surface area contributed by atoms with E-state index in [0.29, 0.717) is 5.56 Å². The molecule has 1 atom stereocenters. The molecule has 2 nitrogen and oxygen atoms in total. The lowest BCUT2D eigenvalue weighted by atomic mass is 10.1. The van der Waals surface area contributed by atoms with Crippen LogP contribution in [0.15, 0.2) is 18.2 Å². The summed E-state index contributed by atoms with van der Waals surface area (Å²) in [7, 11) is 0. The minimum Gasteiger partial charge on any atom is -0.395 e. The summed E-state index contributed by atoms with van der Waals surface area (Å²) in [6.45, 7) is 3.85. The van der Waals surface area contributed by atoms with Gasteiger partial charge in [0.05, 0.1) is 6.61 Å². The van der Waals surface area contributed by atoms with Crippen LogP contribution in [0.5, 0.6) is 0 Å². The van der Waals surface area contributed by atoms with Gasteiger partial charge in [0.2, 0.25) is 0 Å². The van der Waals surface area contributed by atoms with Crippen molar-refractivity contribution in [2.24, 2.45) is 0 Å². The van der Waals surface area contributed by atoms with Crippen molar-refractivity contribution in [2.75, 3.05) is 13.2 Å². The average Bonchev–Trinajstić information content (AvgIpc) is 2.71. The van der Waals surface area contributed by atoms with Gasteiger partial charge < -0.3 is 5.11 Å². The maximum Gasteiger partial charge on any atom is 0.126 e. The van der Waals surface area contributed by atoms with Crippen molar-refractivity contribution in [1.29, 1.82) is 0 Å². The van der Waals surface area contributed by atoms with Gasteiger partial charge in [0.15, 0.2) is 0 Å². The summed E-state index contributed by atoms with van der Waals surface area (Å²) in [5.41, 5.74) is 1.82. The average molecular weight is 223 g/mol. The second-order valence-corrected chi connectivity index (χ2v) is 4.53. The first-order chi connectivity index (χ1) is 7.70. The van der Waals surface area contributed by atoms with Crippen LogP contribution < -0.4 is 0 Å². The fraction of sp³-hybridized carbons (Fsp3) is 0.538. The summed E-state index contributed by atoms with van der Waals surface area (Å²) in [6, 6.07) is 5.52. The Bertz CT molecular complexity index is 367. The van der Waals surface area contributed by atoms with Crippen LogP contribution in [-0.4, -0.2) is 29.2 Å². The molecule has 1 aromatic rings. The predicted octanol–water partition coefficient (Wildman–Crippen LogP) is 2.09. The van der Waals surface area contributed by atoms with Gasteiger partial charge in [-0.3, -0.25) is 4.90 Å². The van der Waals surface area contributed by atoms with Crippen LogP contribution in [0, 0.1) is 12.7 Å². The molecule has 1 aromatic carbocycles. The van der Waals surface area contributed by atoms with Crippen LogP contribution in [-0.2, 0) is 6.54 Å². The van der Waals surface area contributed by atoms with E-state index in [9.17, 15) is 9.50 Å². The lowest BCUT2D eigenvalue weighted by Crippen LogP contribution is -2.31. The maximum absolute atomic E-state index is 13.1. The van der Waals surface area contributed by atoms with Gasteiger partial charge >= 0.3 is 0 Å². The second-order valence-electron chi connectivity index (χ2n) is 4.53. The zero-order chi connectivity index (χ0) is 11.5. The van der Waals surface area contributed by atoms with E-state index in [0.717, 1.165) is 31.5 Å². The minimum absolute atomic E-state index is 0.149. The third-order valence-electron chi connectivity index (χ3n) is 3.32. The number of hydrogen-bond acceptors (Lipinski definition) is 2. The van der Waals surface area contributed by atoms with Crippen LogP contribution in [0.3, 0.4) is 0 Å². The smallest absolute Gasteiger partial charge is 0.126 e. The standard InChI is InChI=1S/C13H18FNO/c1-10-7-11(4-5-13(10)14)8-15-6-2-3-12(15)9-16/h4-5,7,12,16H,2-3,6,8-9H2,1H3/t12-/m1/s1. The highest BCUT2D eigenvalue weighted by atomic mass is 19.1. The van der Waals surface area contributed by atoms with Crippen molar-refractivity contribution in [3.63, 3.8) is 0 Å². The summed E-state index contributed by atoms with van der Waals surface area (Å²) in [6.07, 6.45) is 2.21. The minimum atomic E-state index is -0.149. The van der Waals surface area contributed by atoms with Gasteiger partial charge in [-0.05, 0) is 43.5 Å². The van der Waals surface area contributed by atoms with E-state index in [2.05, 4.69) is 4.90 Å². The number of benzene rings is 1. The Morgan fingerprint density at radius 2 is 2.31 bits per heavy atom. The van der Waals surface area contributed by atoms with Crippen molar-refractivity contribution >= 4 is 0 Å². The molecule has 0 saturated carbocycles. The third-order valence-corrected chi connectivity index (χ3v) is 3.32. The molecule has 0 aliphatic carbocycles. The normalized spacial score (nSPS) is 21.6. The van der Waals surface area contributed by atoms with Crippen LogP contribution >= 0.6 is 0 Å². The highest BCUT2D eigenvalue weighted by molar-refractivity contribution is 5.24. The van der Waals surface area contributed by atoms with Crippen molar-refractivity contribution in [3.8, 4) is 0 Å². The molecule has 1 saturated heterocycles. The number of likely N-dealkylation sites (tertiary alicyclic amines) is 1. The van der Waals surface area contributed by atoms with E-state index in [4.69, 9.17) is 0 Å². The lowest BCUT2D eigenvalue weighted by Gasteiger charge is -2.22. The Morgan fingerprint density at radius 1 is 1.50 bits per heavy atom. The van der Waals surface area contributed by atoms with Crippen molar-refractivity contribution in [3.05, 3.63) is 35.1 Å². The zero-order valence-electron chi connectivity index (χ0n) is 9.62. The molecule has 1 aliphatic heterocycles. The Balaban J connectivity index is 2.05. The fourth-order valence-corrected chi connectivity index (χ4v) is 2.35. The van der Waals surface area contributed by atoms with E-state index >= 15 is 0 Å². The molecule has 0 bridgehead atoms. The molecule has 0 spiro atoms. The van der Waals surface area contributed by atoms with E-state index < -0.39 is 0 Å². The molecular formula is C13H18FNO. The van der Waals surface area contributed by atoms with Gasteiger partial charge in [0, 0.05) is 12.6 Å². The van der Waals surface area contributed by atoms with Crippen LogP contribution in [0.2, 0.25) is 0 Å². The van der Waals surface area contributed by atoms with Crippen LogP contribution in [0.1, 0.15) is 24.0 Å². The predicted molar refractivity (Wildman–Crippen MR) is 61.7 cm³/mol. The molecule has 0 amide bonds. The number of rotatable bonds is 3. The van der Waals surface area contributed by atoms with Gasteiger partial charge in [0.1, 0.15) is 5.82 Å². The van der Waals surface area contributed by atoms with E-state index in [1.807, 2.05) is 12.1 Å². The molecule has 0 radical (unpaired) electrons. The molecule has 1 N–H and O–H groups in total. The summed E-state index contributed by atoms with van der Waals surface area (Å²) in [4.78, 5) is 2.27. The molecule has 2 rings (SSSR count). The summed E-state index contributed by atoms with van der Waals surface area (Å²) >= 11 is 0. The van der Waals surface area contributed by atoms with E-state index in [1.165, 1.54) is 6.07 Å². The molecule has 88 valence electrons. The molecule has 0 unspecified atom stereocenters. The van der Waals surface area contributed by atoms with E-state index in [1.54, 1.807) is 6.92 Å². The largest absolute Gasteiger partial charge is 0.395 e. The first-order valence-corrected chi connectivity index (χ1v) is 5.80. The molecular weight excluding hydrogens is 205 g/mol. The topological polar surface area (TPSA) is 23.5 Å². The lowest BCUT2D eigenvalue weighted by molar-refractivity contribution is 0.153. The first-order valence-electron chi connectivity index (χ1n) is 5.80. The van der Waals surface area contributed by atoms with Gasteiger partial charge in [-0.25, -0.2) is 4.39 Å². The number of halogens is 1. The Morgan fingerprint density at radius 3 is 3.00 bits per heavy atom. The van der Waals surface area contributed by atoms with Crippen molar-refractivity contribution < 1.29 is 9.50 Å². The Hall–Kier alpha value is -0.930. The van der Waals surface area contributed by atoms with Gasteiger partial charge in [-0.2, -0.15) is 0 Å². The molecule has 3 heteroatoms. The summed E-state index contributed by atoms with van der Waals surface area (Å²) in [5.74, 6) is -0.149. The zero-order valence-corrected chi connectivity index (χ0v) is 9.62. The number of hydrogen-bond donors (Lipinski definition) is 1. The third kappa shape index (κ3) is 2.42. The van der Waals surface area contributed by atoms with Gasteiger partial charge in [0.25, 0.3) is 0 Å². The molecule has 0 aromatic heterocycles. The maximum atomic E-state index is 13.1. The number of nitrogens with zero attached hydrogens (tertiary/aromatic N) is 1. The fourth-order valence-electron chi connectivity index (χ4n) is 2.35. The van der Waals surface area contributed by atoms with E-state index in [-0.39, 0.29) is 18.5 Å². The number of aliphatic hydroxyl groups is 1. The van der Waals surface area contributed by atoms with Crippen molar-refractivity contribution in [2.45, 2.75) is 32.4 Å². The van der Waals surface area contributed by atoms with Gasteiger partial charge in [-0.1, -0.05) is 12.1 Å². The van der Waals surface area contributed by atoms with Gasteiger partial charge in [-0.15, -0.1) is 0 Å². The monoisotopic (exact) mass is 223 g/mol. The molecule has 1 aliphatic rings. The highest BCUT2D eigenvalue weighted by Crippen LogP contribution is 2.20. The highest BCUT2D eigenvalue weighted by Gasteiger charge is 2.23.